The predicted octanol–water partition coefficient (Wildman–Crippen LogP) is 1.43. The first-order valence-electron chi connectivity index (χ1n) is 3.43. The molecule has 3 heteroatoms. The summed E-state index contributed by atoms with van der Waals surface area (Å²) in [5.41, 5.74) is 0. The molecule has 1 heterocycles. The van der Waals surface area contributed by atoms with Crippen molar-refractivity contribution in [1.29, 1.82) is 0 Å². The van der Waals surface area contributed by atoms with Gasteiger partial charge in [0.05, 0.1) is 6.61 Å². The van der Waals surface area contributed by atoms with E-state index in [2.05, 4.69) is 16.5 Å². The van der Waals surface area contributed by atoms with E-state index in [1.165, 1.54) is 6.33 Å². The number of rotatable bonds is 4. The molecule has 0 aromatic carbocycles. The van der Waals surface area contributed by atoms with Crippen LogP contribution in [0.4, 0.5) is 0 Å². The lowest BCUT2D eigenvalue weighted by Gasteiger charge is -2.00. The molecular formula is C8H10N2O. The van der Waals surface area contributed by atoms with E-state index in [-0.39, 0.29) is 0 Å². The molecule has 0 atom stereocenters. The van der Waals surface area contributed by atoms with Crippen molar-refractivity contribution in [2.24, 2.45) is 0 Å². The quantitative estimate of drug-likeness (QED) is 0.481. The third-order valence-corrected chi connectivity index (χ3v) is 1.13. The fraction of sp³-hybridized carbons (Fsp3) is 0.250. The van der Waals surface area contributed by atoms with Gasteiger partial charge in [-0.05, 0) is 6.42 Å². The van der Waals surface area contributed by atoms with Gasteiger partial charge < -0.3 is 4.74 Å². The molecule has 58 valence electrons. The Morgan fingerprint density at radius 1 is 1.64 bits per heavy atom. The van der Waals surface area contributed by atoms with E-state index in [0.717, 1.165) is 6.42 Å². The van der Waals surface area contributed by atoms with Crippen LogP contribution in [-0.2, 0) is 0 Å². The Morgan fingerprint density at radius 2 is 2.55 bits per heavy atom. The molecule has 3 nitrogen and oxygen atoms in total. The molecule has 11 heavy (non-hydrogen) atoms. The average molecular weight is 150 g/mol. The minimum Gasteiger partial charge on any atom is -0.477 e. The standard InChI is InChI=1S/C8H10N2O/c1-2-3-6-11-8-4-5-9-7-10-8/h2,4-5,7H,1,3,6H2. The lowest BCUT2D eigenvalue weighted by Crippen LogP contribution is -1.96. The molecule has 0 unspecified atom stereocenters. The van der Waals surface area contributed by atoms with Crippen LogP contribution in [0.2, 0.25) is 0 Å². The highest BCUT2D eigenvalue weighted by atomic mass is 16.5. The van der Waals surface area contributed by atoms with Crippen LogP contribution in [-0.4, -0.2) is 16.6 Å². The lowest BCUT2D eigenvalue weighted by molar-refractivity contribution is 0.312. The second-order valence-electron chi connectivity index (χ2n) is 1.97. The molecule has 1 aromatic heterocycles. The number of hydrogen-bond donors (Lipinski definition) is 0. The van der Waals surface area contributed by atoms with E-state index in [0.29, 0.717) is 12.5 Å². The van der Waals surface area contributed by atoms with Gasteiger partial charge in [-0.15, -0.1) is 6.58 Å². The van der Waals surface area contributed by atoms with Crippen molar-refractivity contribution in [3.63, 3.8) is 0 Å². The minimum absolute atomic E-state index is 0.613. The van der Waals surface area contributed by atoms with Gasteiger partial charge in [0.2, 0.25) is 5.88 Å². The second-order valence-corrected chi connectivity index (χ2v) is 1.97. The lowest BCUT2D eigenvalue weighted by atomic mass is 10.4. The van der Waals surface area contributed by atoms with Gasteiger partial charge in [-0.1, -0.05) is 6.08 Å². The predicted molar refractivity (Wildman–Crippen MR) is 42.3 cm³/mol. The number of nitrogens with zero attached hydrogens (tertiary/aromatic N) is 2. The van der Waals surface area contributed by atoms with Crippen LogP contribution >= 0.6 is 0 Å². The van der Waals surface area contributed by atoms with Crippen molar-refractivity contribution in [1.82, 2.24) is 9.97 Å². The first-order valence-corrected chi connectivity index (χ1v) is 3.43. The van der Waals surface area contributed by atoms with Crippen LogP contribution in [0.3, 0.4) is 0 Å². The van der Waals surface area contributed by atoms with Gasteiger partial charge in [0.1, 0.15) is 6.33 Å². The van der Waals surface area contributed by atoms with Crippen LogP contribution in [0.5, 0.6) is 5.88 Å². The van der Waals surface area contributed by atoms with E-state index in [1.807, 2.05) is 0 Å². The van der Waals surface area contributed by atoms with Crippen LogP contribution in [0, 0.1) is 0 Å². The van der Waals surface area contributed by atoms with E-state index < -0.39 is 0 Å². The molecule has 0 N–H and O–H groups in total. The summed E-state index contributed by atoms with van der Waals surface area (Å²) in [6, 6.07) is 1.73. The fourth-order valence-electron chi connectivity index (χ4n) is 0.611. The van der Waals surface area contributed by atoms with Gasteiger partial charge in [-0.25, -0.2) is 9.97 Å². The van der Waals surface area contributed by atoms with Crippen molar-refractivity contribution in [2.75, 3.05) is 6.61 Å². The van der Waals surface area contributed by atoms with Crippen LogP contribution in [0.15, 0.2) is 31.2 Å². The third kappa shape index (κ3) is 2.80. The van der Waals surface area contributed by atoms with Gasteiger partial charge in [0.25, 0.3) is 0 Å². The number of aromatic nitrogens is 2. The molecule has 1 aromatic rings. The normalized spacial score (nSPS) is 9.09. The summed E-state index contributed by atoms with van der Waals surface area (Å²) in [5, 5.41) is 0. The Hall–Kier alpha value is -1.38. The molecule has 0 saturated heterocycles. The topological polar surface area (TPSA) is 35.0 Å². The molecule has 0 bridgehead atoms. The summed E-state index contributed by atoms with van der Waals surface area (Å²) >= 11 is 0. The molecule has 1 rings (SSSR count). The molecule has 0 aliphatic rings. The largest absolute Gasteiger partial charge is 0.477 e. The van der Waals surface area contributed by atoms with Crippen LogP contribution in [0.25, 0.3) is 0 Å². The minimum atomic E-state index is 0.613. The summed E-state index contributed by atoms with van der Waals surface area (Å²) in [5.74, 6) is 0.613. The molecule has 0 radical (unpaired) electrons. The van der Waals surface area contributed by atoms with E-state index in [9.17, 15) is 0 Å². The Balaban J connectivity index is 2.33. The molecule has 0 saturated carbocycles. The summed E-state index contributed by atoms with van der Waals surface area (Å²) in [7, 11) is 0. The van der Waals surface area contributed by atoms with Gasteiger partial charge in [0, 0.05) is 12.3 Å². The highest BCUT2D eigenvalue weighted by Gasteiger charge is 1.89. The first kappa shape index (κ1) is 7.72. The highest BCUT2D eigenvalue weighted by Crippen LogP contribution is 2.01. The summed E-state index contributed by atoms with van der Waals surface area (Å²) in [6.45, 7) is 4.20. The zero-order chi connectivity index (χ0) is 7.94. The van der Waals surface area contributed by atoms with E-state index >= 15 is 0 Å². The third-order valence-electron chi connectivity index (χ3n) is 1.13. The van der Waals surface area contributed by atoms with Crippen molar-refractivity contribution in [3.05, 3.63) is 31.2 Å². The SMILES string of the molecule is C=CCCOc1ccncn1. The number of hydrogen-bond acceptors (Lipinski definition) is 3. The summed E-state index contributed by atoms with van der Waals surface area (Å²) in [4.78, 5) is 7.65. The average Bonchev–Trinajstić information content (AvgIpc) is 2.07. The van der Waals surface area contributed by atoms with Gasteiger partial charge in [-0.2, -0.15) is 0 Å². The summed E-state index contributed by atoms with van der Waals surface area (Å²) < 4.78 is 5.22. The molecule has 0 fully saturated rings. The van der Waals surface area contributed by atoms with Gasteiger partial charge in [-0.3, -0.25) is 0 Å². The second kappa shape index (κ2) is 4.44. The van der Waals surface area contributed by atoms with Crippen molar-refractivity contribution < 1.29 is 4.74 Å². The van der Waals surface area contributed by atoms with Crippen molar-refractivity contribution in [2.45, 2.75) is 6.42 Å². The molecular weight excluding hydrogens is 140 g/mol. The maximum Gasteiger partial charge on any atom is 0.216 e. The van der Waals surface area contributed by atoms with E-state index in [1.54, 1.807) is 18.3 Å². The maximum absolute atomic E-state index is 5.22. The zero-order valence-corrected chi connectivity index (χ0v) is 6.23. The number of ether oxygens (including phenoxy) is 1. The highest BCUT2D eigenvalue weighted by molar-refractivity contribution is 5.04. The zero-order valence-electron chi connectivity index (χ0n) is 6.23. The Morgan fingerprint density at radius 3 is 3.18 bits per heavy atom. The molecule has 0 spiro atoms. The molecule has 0 aliphatic carbocycles. The Kier molecular flexibility index (Phi) is 3.12. The van der Waals surface area contributed by atoms with Gasteiger partial charge in [0.15, 0.2) is 0 Å². The van der Waals surface area contributed by atoms with Crippen LogP contribution in [0.1, 0.15) is 6.42 Å². The Labute approximate surface area is 65.8 Å². The smallest absolute Gasteiger partial charge is 0.216 e. The van der Waals surface area contributed by atoms with E-state index in [4.69, 9.17) is 4.74 Å². The fourth-order valence-corrected chi connectivity index (χ4v) is 0.611. The van der Waals surface area contributed by atoms with Crippen molar-refractivity contribution in [3.8, 4) is 5.88 Å². The molecule has 0 amide bonds. The monoisotopic (exact) mass is 150 g/mol. The Bertz CT molecular complexity index is 211. The first-order chi connectivity index (χ1) is 5.43. The molecule has 0 aliphatic heterocycles. The van der Waals surface area contributed by atoms with Gasteiger partial charge >= 0.3 is 0 Å². The summed E-state index contributed by atoms with van der Waals surface area (Å²) in [6.07, 6.45) is 5.75. The van der Waals surface area contributed by atoms with Crippen molar-refractivity contribution >= 4 is 0 Å². The van der Waals surface area contributed by atoms with Crippen LogP contribution < -0.4 is 4.74 Å². The maximum atomic E-state index is 5.22.